The Labute approximate surface area is 149 Å². The maximum atomic E-state index is 12.8. The van der Waals surface area contributed by atoms with E-state index in [4.69, 9.17) is 11.6 Å². The molecule has 0 radical (unpaired) electrons. The molecule has 124 valence electrons. The lowest BCUT2D eigenvalue weighted by Crippen LogP contribution is -2.11. The van der Waals surface area contributed by atoms with Gasteiger partial charge in [-0.05, 0) is 35.7 Å². The number of rotatable bonds is 3. The van der Waals surface area contributed by atoms with Crippen molar-refractivity contribution >= 4 is 22.5 Å². The number of nitrogens with one attached hydrogen (secondary N) is 2. The van der Waals surface area contributed by atoms with Gasteiger partial charge < -0.3 is 9.97 Å². The van der Waals surface area contributed by atoms with Crippen LogP contribution in [-0.2, 0) is 6.42 Å². The minimum Gasteiger partial charge on any atom is -0.344 e. The minimum atomic E-state index is -0.159. The number of aromatic nitrogens is 3. The van der Waals surface area contributed by atoms with Crippen LogP contribution >= 0.6 is 11.6 Å². The number of fused-ring (bicyclic) bond motifs is 1. The number of hydrogen-bond acceptors (Lipinski definition) is 2. The number of H-pyrrole nitrogens is 2. The van der Waals surface area contributed by atoms with Gasteiger partial charge in [-0.2, -0.15) is 0 Å². The molecule has 0 amide bonds. The summed E-state index contributed by atoms with van der Waals surface area (Å²) < 4.78 is 0. The zero-order chi connectivity index (χ0) is 17.4. The summed E-state index contributed by atoms with van der Waals surface area (Å²) in [6.45, 7) is 2.12. The van der Waals surface area contributed by atoms with Crippen LogP contribution in [0.4, 0.5) is 0 Å². The SMILES string of the molecule is CCc1ccc(-c2c(-c3cnc[nH]3)c(=O)[nH]c3ccc(Cl)cc23)cc1. The van der Waals surface area contributed by atoms with Crippen molar-refractivity contribution in [2.45, 2.75) is 13.3 Å². The Bertz CT molecular complexity index is 1100. The van der Waals surface area contributed by atoms with Gasteiger partial charge in [0, 0.05) is 21.5 Å². The molecular weight excluding hydrogens is 334 g/mol. The largest absolute Gasteiger partial charge is 0.344 e. The number of pyridine rings is 1. The van der Waals surface area contributed by atoms with Crippen molar-refractivity contribution in [3.8, 4) is 22.4 Å². The summed E-state index contributed by atoms with van der Waals surface area (Å²) in [7, 11) is 0. The molecule has 4 nitrogen and oxygen atoms in total. The summed E-state index contributed by atoms with van der Waals surface area (Å²) in [5.74, 6) is 0. The Balaban J connectivity index is 2.12. The van der Waals surface area contributed by atoms with Gasteiger partial charge in [0.2, 0.25) is 0 Å². The maximum Gasteiger partial charge on any atom is 0.258 e. The molecule has 4 rings (SSSR count). The number of imidazole rings is 1. The highest BCUT2D eigenvalue weighted by Gasteiger charge is 2.17. The third-order valence-electron chi connectivity index (χ3n) is 4.39. The van der Waals surface area contributed by atoms with Gasteiger partial charge in [-0.1, -0.05) is 42.8 Å². The van der Waals surface area contributed by atoms with Crippen molar-refractivity contribution in [1.29, 1.82) is 0 Å². The second-order valence-electron chi connectivity index (χ2n) is 5.91. The molecule has 0 aliphatic carbocycles. The molecule has 2 aromatic carbocycles. The van der Waals surface area contributed by atoms with Crippen molar-refractivity contribution in [3.05, 3.63) is 75.9 Å². The number of halogens is 1. The normalized spacial score (nSPS) is 11.1. The summed E-state index contributed by atoms with van der Waals surface area (Å²) in [6.07, 6.45) is 4.20. The molecule has 5 heteroatoms. The van der Waals surface area contributed by atoms with Crippen LogP contribution in [0.1, 0.15) is 12.5 Å². The Morgan fingerprint density at radius 1 is 1.08 bits per heavy atom. The van der Waals surface area contributed by atoms with Gasteiger partial charge >= 0.3 is 0 Å². The molecule has 2 N–H and O–H groups in total. The second-order valence-corrected chi connectivity index (χ2v) is 6.35. The fourth-order valence-corrected chi connectivity index (χ4v) is 3.29. The van der Waals surface area contributed by atoms with E-state index in [1.54, 1.807) is 18.6 Å². The van der Waals surface area contributed by atoms with Crippen LogP contribution in [0.5, 0.6) is 0 Å². The van der Waals surface area contributed by atoms with Gasteiger partial charge in [0.25, 0.3) is 5.56 Å². The average Bonchev–Trinajstić information content (AvgIpc) is 3.15. The summed E-state index contributed by atoms with van der Waals surface area (Å²) >= 11 is 6.23. The van der Waals surface area contributed by atoms with E-state index in [2.05, 4.69) is 34.0 Å². The van der Waals surface area contributed by atoms with Crippen LogP contribution in [-0.4, -0.2) is 15.0 Å². The highest BCUT2D eigenvalue weighted by Crippen LogP contribution is 2.35. The summed E-state index contributed by atoms with van der Waals surface area (Å²) in [5.41, 5.74) is 4.92. The molecular formula is C20H16ClN3O. The molecule has 0 spiro atoms. The van der Waals surface area contributed by atoms with Crippen molar-refractivity contribution in [1.82, 2.24) is 15.0 Å². The van der Waals surface area contributed by atoms with Crippen molar-refractivity contribution in [2.24, 2.45) is 0 Å². The molecule has 2 heterocycles. The Morgan fingerprint density at radius 2 is 1.88 bits per heavy atom. The highest BCUT2D eigenvalue weighted by molar-refractivity contribution is 6.31. The topological polar surface area (TPSA) is 61.5 Å². The predicted molar refractivity (Wildman–Crippen MR) is 102 cm³/mol. The molecule has 0 atom stereocenters. The van der Waals surface area contributed by atoms with Crippen molar-refractivity contribution < 1.29 is 0 Å². The Hall–Kier alpha value is -2.85. The quantitative estimate of drug-likeness (QED) is 0.558. The van der Waals surface area contributed by atoms with Gasteiger partial charge in [0.05, 0.1) is 23.8 Å². The second kappa shape index (κ2) is 6.22. The number of aromatic amines is 2. The summed E-state index contributed by atoms with van der Waals surface area (Å²) in [6, 6.07) is 13.8. The molecule has 0 aliphatic rings. The first kappa shape index (κ1) is 15.7. The first-order valence-corrected chi connectivity index (χ1v) is 8.48. The highest BCUT2D eigenvalue weighted by atomic mass is 35.5. The van der Waals surface area contributed by atoms with E-state index in [-0.39, 0.29) is 5.56 Å². The number of aryl methyl sites for hydroxylation is 1. The van der Waals surface area contributed by atoms with Gasteiger partial charge in [0.15, 0.2) is 0 Å². The standard InChI is InChI=1S/C20H16ClN3O/c1-2-12-3-5-13(6-4-12)18-15-9-14(21)7-8-16(15)24-20(25)19(18)17-10-22-11-23-17/h3-11H,2H2,1H3,(H,22,23)(H,24,25). The van der Waals surface area contributed by atoms with Crippen molar-refractivity contribution in [3.63, 3.8) is 0 Å². The number of hydrogen-bond donors (Lipinski definition) is 2. The smallest absolute Gasteiger partial charge is 0.258 e. The Kier molecular flexibility index (Phi) is 3.90. The lowest BCUT2D eigenvalue weighted by Gasteiger charge is -2.13. The third-order valence-corrected chi connectivity index (χ3v) is 4.63. The third kappa shape index (κ3) is 2.75. The number of nitrogens with zero attached hydrogens (tertiary/aromatic N) is 1. The van der Waals surface area contributed by atoms with Crippen LogP contribution in [0.15, 0.2) is 59.8 Å². The molecule has 0 aliphatic heterocycles. The van der Waals surface area contributed by atoms with E-state index in [1.165, 1.54) is 5.56 Å². The van der Waals surface area contributed by atoms with Crippen LogP contribution in [0.3, 0.4) is 0 Å². The molecule has 2 aromatic heterocycles. The predicted octanol–water partition coefficient (Wildman–Crippen LogP) is 4.80. The van der Waals surface area contributed by atoms with Gasteiger partial charge in [-0.3, -0.25) is 4.79 Å². The molecule has 0 saturated heterocycles. The fourth-order valence-electron chi connectivity index (χ4n) is 3.12. The van der Waals surface area contributed by atoms with E-state index in [1.807, 2.05) is 24.3 Å². The molecule has 4 aromatic rings. The molecule has 0 unspecified atom stereocenters. The molecule has 0 bridgehead atoms. The summed E-state index contributed by atoms with van der Waals surface area (Å²) in [4.78, 5) is 22.8. The fraction of sp³-hybridized carbons (Fsp3) is 0.100. The summed E-state index contributed by atoms with van der Waals surface area (Å²) in [5, 5.41) is 1.53. The molecule has 25 heavy (non-hydrogen) atoms. The van der Waals surface area contributed by atoms with Crippen LogP contribution in [0.25, 0.3) is 33.3 Å². The first-order valence-electron chi connectivity index (χ1n) is 8.11. The van der Waals surface area contributed by atoms with Gasteiger partial charge in [0.1, 0.15) is 0 Å². The van der Waals surface area contributed by atoms with Crippen LogP contribution < -0.4 is 5.56 Å². The average molecular weight is 350 g/mol. The Morgan fingerprint density at radius 3 is 2.56 bits per heavy atom. The van der Waals surface area contributed by atoms with Crippen LogP contribution in [0.2, 0.25) is 5.02 Å². The zero-order valence-electron chi connectivity index (χ0n) is 13.6. The lowest BCUT2D eigenvalue weighted by molar-refractivity contribution is 1.14. The van der Waals surface area contributed by atoms with E-state index in [0.717, 1.165) is 28.5 Å². The monoisotopic (exact) mass is 349 g/mol. The van der Waals surface area contributed by atoms with Crippen molar-refractivity contribution in [2.75, 3.05) is 0 Å². The lowest BCUT2D eigenvalue weighted by atomic mass is 9.94. The first-order chi connectivity index (χ1) is 12.2. The van der Waals surface area contributed by atoms with E-state index in [9.17, 15) is 4.79 Å². The molecule has 0 saturated carbocycles. The van der Waals surface area contributed by atoms with Crippen LogP contribution in [0, 0.1) is 0 Å². The molecule has 0 fully saturated rings. The van der Waals surface area contributed by atoms with E-state index < -0.39 is 0 Å². The maximum absolute atomic E-state index is 12.8. The van der Waals surface area contributed by atoms with E-state index >= 15 is 0 Å². The van der Waals surface area contributed by atoms with Gasteiger partial charge in [-0.15, -0.1) is 0 Å². The minimum absolute atomic E-state index is 0.159. The van der Waals surface area contributed by atoms with Gasteiger partial charge in [-0.25, -0.2) is 4.98 Å². The number of benzene rings is 2. The van der Waals surface area contributed by atoms with E-state index in [0.29, 0.717) is 16.3 Å². The zero-order valence-corrected chi connectivity index (χ0v) is 14.4.